The molecular weight excluding hydrogens is 495 g/mol. The van der Waals surface area contributed by atoms with Crippen LogP contribution in [-0.4, -0.2) is 35.4 Å². The highest BCUT2D eigenvalue weighted by atomic mass is 19.4. The second kappa shape index (κ2) is 9.77. The Kier molecular flexibility index (Phi) is 6.48. The van der Waals surface area contributed by atoms with Gasteiger partial charge in [-0.15, -0.1) is 0 Å². The zero-order valence-electron chi connectivity index (χ0n) is 20.7. The topological polar surface area (TPSA) is 87.2 Å². The first-order valence-electron chi connectivity index (χ1n) is 12.0. The number of aromatic nitrogens is 2. The molecule has 0 radical (unpaired) electrons. The summed E-state index contributed by atoms with van der Waals surface area (Å²) < 4.78 is 41.5. The second-order valence-electron chi connectivity index (χ2n) is 9.08. The number of carbonyl (C=O) groups is 2. The van der Waals surface area contributed by atoms with Gasteiger partial charge in [-0.05, 0) is 72.5 Å². The van der Waals surface area contributed by atoms with Gasteiger partial charge in [-0.1, -0.05) is 12.1 Å². The molecule has 7 nitrogen and oxygen atoms in total. The first-order valence-corrected chi connectivity index (χ1v) is 12.0. The molecule has 0 unspecified atom stereocenters. The van der Waals surface area contributed by atoms with Crippen molar-refractivity contribution < 1.29 is 22.8 Å². The van der Waals surface area contributed by atoms with Crippen LogP contribution in [0.15, 0.2) is 60.8 Å². The lowest BCUT2D eigenvalue weighted by Crippen LogP contribution is -2.27. The number of hydrogen-bond acceptors (Lipinski definition) is 5. The summed E-state index contributed by atoms with van der Waals surface area (Å²) >= 11 is 0. The van der Waals surface area contributed by atoms with E-state index in [9.17, 15) is 22.8 Å². The number of nitrogens with zero attached hydrogens (tertiary/aromatic N) is 3. The molecule has 0 aliphatic carbocycles. The average molecular weight is 520 g/mol. The van der Waals surface area contributed by atoms with Crippen LogP contribution < -0.4 is 15.5 Å². The van der Waals surface area contributed by atoms with Crippen LogP contribution in [0.3, 0.4) is 0 Å². The zero-order valence-corrected chi connectivity index (χ0v) is 20.7. The Balaban J connectivity index is 1.44. The van der Waals surface area contributed by atoms with Gasteiger partial charge in [-0.2, -0.15) is 13.2 Å². The van der Waals surface area contributed by atoms with Gasteiger partial charge in [0.2, 0.25) is 11.9 Å². The highest BCUT2D eigenvalue weighted by Crippen LogP contribution is 2.39. The number of benzene rings is 3. The molecular formula is C28H24F3N5O2. The van der Waals surface area contributed by atoms with Crippen molar-refractivity contribution in [3.8, 4) is 11.1 Å². The maximum absolute atomic E-state index is 13.8. The molecule has 3 aromatic carbocycles. The molecule has 1 fully saturated rings. The third-order valence-corrected chi connectivity index (χ3v) is 6.54. The summed E-state index contributed by atoms with van der Waals surface area (Å²) in [6.07, 6.45) is -2.26. The van der Waals surface area contributed by atoms with Crippen LogP contribution in [0.2, 0.25) is 0 Å². The Morgan fingerprint density at radius 1 is 1.05 bits per heavy atom. The lowest BCUT2D eigenvalue weighted by atomic mass is 9.97. The summed E-state index contributed by atoms with van der Waals surface area (Å²) in [6.45, 7) is 2.15. The Bertz CT molecular complexity index is 1570. The number of rotatable bonds is 5. The fourth-order valence-electron chi connectivity index (χ4n) is 4.58. The molecule has 1 saturated heterocycles. The first-order chi connectivity index (χ1) is 18.1. The minimum Gasteiger partial charge on any atom is -0.357 e. The molecule has 1 aliphatic rings. The molecule has 2 amide bonds. The molecule has 0 bridgehead atoms. The minimum absolute atomic E-state index is 0.0111. The van der Waals surface area contributed by atoms with E-state index in [0.29, 0.717) is 17.9 Å². The third-order valence-electron chi connectivity index (χ3n) is 6.54. The fraction of sp³-hybridized carbons (Fsp3) is 0.214. The normalized spacial score (nSPS) is 13.7. The molecule has 194 valence electrons. The number of aryl methyl sites for hydroxylation is 1. The molecule has 0 saturated carbocycles. The van der Waals surface area contributed by atoms with Crippen molar-refractivity contribution in [2.24, 2.45) is 0 Å². The first kappa shape index (κ1) is 25.2. The molecule has 1 aromatic heterocycles. The lowest BCUT2D eigenvalue weighted by molar-refractivity contribution is -0.137. The van der Waals surface area contributed by atoms with E-state index in [1.54, 1.807) is 31.4 Å². The monoisotopic (exact) mass is 519 g/mol. The predicted octanol–water partition coefficient (Wildman–Crippen LogP) is 6.04. The van der Waals surface area contributed by atoms with Crippen LogP contribution in [-0.2, 0) is 11.0 Å². The Morgan fingerprint density at radius 3 is 2.58 bits per heavy atom. The van der Waals surface area contributed by atoms with E-state index in [4.69, 9.17) is 0 Å². The Hall–Kier alpha value is -4.47. The van der Waals surface area contributed by atoms with Crippen LogP contribution in [0, 0.1) is 6.92 Å². The number of anilines is 3. The van der Waals surface area contributed by atoms with Crippen molar-refractivity contribution in [3.05, 3.63) is 77.5 Å². The smallest absolute Gasteiger partial charge is 0.357 e. The van der Waals surface area contributed by atoms with Gasteiger partial charge < -0.3 is 15.5 Å². The van der Waals surface area contributed by atoms with Crippen LogP contribution in [0.25, 0.3) is 22.0 Å². The summed E-state index contributed by atoms with van der Waals surface area (Å²) in [6, 6.07) is 14.3. The van der Waals surface area contributed by atoms with Gasteiger partial charge in [0.05, 0.1) is 16.8 Å². The maximum atomic E-state index is 13.8. The molecule has 4 aromatic rings. The summed E-state index contributed by atoms with van der Waals surface area (Å²) in [7, 11) is 1.74. The van der Waals surface area contributed by atoms with Gasteiger partial charge in [-0.3, -0.25) is 9.59 Å². The second-order valence-corrected chi connectivity index (χ2v) is 9.08. The summed E-state index contributed by atoms with van der Waals surface area (Å²) in [5, 5.41) is 6.30. The standard InChI is InChI=1S/C28H24F3N5O2/c1-16-5-6-18(13-21(16)17-7-9-23-19(12-17)15-33-27(32-2)35-23)26(38)34-20-8-10-24(22(14-20)28(29,30)31)36-11-3-4-25(36)37/h5-10,12-15H,3-4,11H2,1-2H3,(H,34,38)(H,32,33,35). The zero-order chi connectivity index (χ0) is 27.0. The van der Waals surface area contributed by atoms with Gasteiger partial charge in [-0.25, -0.2) is 9.97 Å². The van der Waals surface area contributed by atoms with E-state index >= 15 is 0 Å². The number of hydrogen-bond donors (Lipinski definition) is 2. The van der Waals surface area contributed by atoms with Crippen LogP contribution in [0.5, 0.6) is 0 Å². The average Bonchev–Trinajstić information content (AvgIpc) is 3.33. The number of fused-ring (bicyclic) bond motifs is 1. The van der Waals surface area contributed by atoms with Crippen LogP contribution in [0.1, 0.15) is 34.3 Å². The molecule has 38 heavy (non-hydrogen) atoms. The Morgan fingerprint density at radius 2 is 1.87 bits per heavy atom. The van der Waals surface area contributed by atoms with E-state index in [1.807, 2.05) is 25.1 Å². The van der Waals surface area contributed by atoms with Gasteiger partial charge >= 0.3 is 6.18 Å². The number of nitrogens with one attached hydrogen (secondary N) is 2. The van der Waals surface area contributed by atoms with Crippen LogP contribution >= 0.6 is 0 Å². The van der Waals surface area contributed by atoms with E-state index < -0.39 is 17.6 Å². The molecule has 2 heterocycles. The van der Waals surface area contributed by atoms with Gasteiger partial charge in [0.15, 0.2) is 0 Å². The SMILES string of the molecule is CNc1ncc2cc(-c3cc(C(=O)Nc4ccc(N5CCCC5=O)c(C(F)(F)F)c4)ccc3C)ccc2n1. The highest BCUT2D eigenvalue weighted by molar-refractivity contribution is 6.05. The van der Waals surface area contributed by atoms with E-state index in [2.05, 4.69) is 20.6 Å². The van der Waals surface area contributed by atoms with Crippen LogP contribution in [0.4, 0.5) is 30.5 Å². The largest absolute Gasteiger partial charge is 0.418 e. The quantitative estimate of drug-likeness (QED) is 0.336. The van der Waals surface area contributed by atoms with Crippen molar-refractivity contribution in [1.82, 2.24) is 9.97 Å². The molecule has 0 spiro atoms. The highest BCUT2D eigenvalue weighted by Gasteiger charge is 2.37. The van der Waals surface area contributed by atoms with E-state index in [-0.39, 0.29) is 30.2 Å². The van der Waals surface area contributed by atoms with Crippen molar-refractivity contribution in [3.63, 3.8) is 0 Å². The number of alkyl halides is 3. The molecule has 1 aliphatic heterocycles. The summed E-state index contributed by atoms with van der Waals surface area (Å²) in [5.41, 5.74) is 2.46. The van der Waals surface area contributed by atoms with E-state index in [1.165, 1.54) is 12.1 Å². The lowest BCUT2D eigenvalue weighted by Gasteiger charge is -2.22. The van der Waals surface area contributed by atoms with E-state index in [0.717, 1.165) is 38.6 Å². The minimum atomic E-state index is -4.69. The molecule has 0 atom stereocenters. The van der Waals surface area contributed by atoms with Crippen molar-refractivity contribution in [1.29, 1.82) is 0 Å². The van der Waals surface area contributed by atoms with Gasteiger partial charge in [0.25, 0.3) is 5.91 Å². The maximum Gasteiger partial charge on any atom is 0.418 e. The molecule has 2 N–H and O–H groups in total. The number of amides is 2. The number of halogens is 3. The summed E-state index contributed by atoms with van der Waals surface area (Å²) in [5.74, 6) is -0.386. The van der Waals surface area contributed by atoms with Gasteiger partial charge in [0, 0.05) is 42.8 Å². The van der Waals surface area contributed by atoms with Gasteiger partial charge in [0.1, 0.15) is 0 Å². The van der Waals surface area contributed by atoms with Crippen molar-refractivity contribution in [2.75, 3.05) is 29.1 Å². The molecule has 5 rings (SSSR count). The van der Waals surface area contributed by atoms with Crippen molar-refractivity contribution >= 4 is 40.0 Å². The fourth-order valence-corrected chi connectivity index (χ4v) is 4.58. The third kappa shape index (κ3) is 4.89. The molecule has 10 heteroatoms. The summed E-state index contributed by atoms with van der Waals surface area (Å²) in [4.78, 5) is 34.9. The number of carbonyl (C=O) groups excluding carboxylic acids is 2. The van der Waals surface area contributed by atoms with Crippen molar-refractivity contribution in [2.45, 2.75) is 25.9 Å². The Labute approximate surface area is 216 Å². The predicted molar refractivity (Wildman–Crippen MR) is 140 cm³/mol.